The van der Waals surface area contributed by atoms with Crippen molar-refractivity contribution in [2.45, 2.75) is 56.5 Å². The average molecular weight is 387 g/mol. The van der Waals surface area contributed by atoms with Gasteiger partial charge < -0.3 is 10.1 Å². The number of fused-ring (bicyclic) bond motifs is 3. The molecule has 0 radical (unpaired) electrons. The number of carboxylic acid groups (broad SMARTS) is 1. The van der Waals surface area contributed by atoms with Crippen molar-refractivity contribution in [2.75, 3.05) is 0 Å². The molecule has 4 rings (SSSR count). The molecule has 2 fully saturated rings. The second-order valence-corrected chi connectivity index (χ2v) is 10.3. The van der Waals surface area contributed by atoms with Crippen molar-refractivity contribution >= 4 is 28.6 Å². The van der Waals surface area contributed by atoms with Crippen molar-refractivity contribution in [3.05, 3.63) is 39.9 Å². The molecule has 2 aromatic rings. The molecule has 2 aliphatic carbocycles. The Balaban J connectivity index is 1.53. The summed E-state index contributed by atoms with van der Waals surface area (Å²) >= 11 is 1.89. The third kappa shape index (κ3) is 3.91. The molecule has 2 unspecified atom stereocenters. The fraction of sp³-hybridized carbons (Fsp3) is 0.571. The monoisotopic (exact) mass is 386 g/mol. The molecule has 1 heterocycles. The molecular formula is C21H26N2O3S. The van der Waals surface area contributed by atoms with Crippen LogP contribution in [0.15, 0.2) is 23.0 Å². The number of thioether (sulfide) groups is 1. The molecule has 1 aromatic heterocycles. The summed E-state index contributed by atoms with van der Waals surface area (Å²) in [4.78, 5) is 31.0. The number of nitrogens with one attached hydrogen (secondary N) is 1. The summed E-state index contributed by atoms with van der Waals surface area (Å²) in [5.74, 6) is 2.77. The van der Waals surface area contributed by atoms with Crippen LogP contribution in [0.3, 0.4) is 0 Å². The van der Waals surface area contributed by atoms with Crippen LogP contribution < -0.4 is 5.56 Å². The van der Waals surface area contributed by atoms with E-state index < -0.39 is 5.97 Å². The number of aromatic carboxylic acids is 1. The van der Waals surface area contributed by atoms with Gasteiger partial charge in [0, 0.05) is 4.75 Å². The number of aromatic amines is 1. The number of carbonyl (C=O) groups is 1. The molecule has 0 amide bonds. The molecule has 1 aromatic carbocycles. The maximum Gasteiger partial charge on any atom is 0.335 e. The van der Waals surface area contributed by atoms with E-state index in [2.05, 4.69) is 23.8 Å². The van der Waals surface area contributed by atoms with E-state index in [0.29, 0.717) is 22.5 Å². The number of hydrogen-bond donors (Lipinski definition) is 2. The Morgan fingerprint density at radius 2 is 2.00 bits per heavy atom. The highest BCUT2D eigenvalue weighted by atomic mass is 32.2. The lowest BCUT2D eigenvalue weighted by molar-refractivity contribution is 0.0697. The molecular weight excluding hydrogens is 360 g/mol. The maximum atomic E-state index is 12.4. The number of H-pyrrole nitrogens is 1. The van der Waals surface area contributed by atoms with E-state index in [0.717, 1.165) is 17.8 Å². The SMILES string of the molecule is CC1CC2CC(C1)CC(C)(SCc1nc3cc(C(=O)O)ccc3c(=O)[nH]1)C2. The first-order valence-electron chi connectivity index (χ1n) is 9.71. The number of carboxylic acids is 1. The standard InChI is InChI=1S/C21H26N2O3S/c1-12-5-13-7-14(6-12)10-21(2,9-13)27-11-18-22-17-8-15(20(25)26)3-4-16(17)19(24)23-18/h3-4,8,12-14H,5-7,9-11H2,1-2H3,(H,25,26)(H,22,23,24). The van der Waals surface area contributed by atoms with Gasteiger partial charge in [-0.1, -0.05) is 13.8 Å². The molecule has 0 saturated heterocycles. The second-order valence-electron chi connectivity index (χ2n) is 8.74. The van der Waals surface area contributed by atoms with Crippen LogP contribution in [0.1, 0.15) is 62.1 Å². The fourth-order valence-corrected chi connectivity index (χ4v) is 6.61. The van der Waals surface area contributed by atoms with Crippen molar-refractivity contribution in [1.82, 2.24) is 9.97 Å². The van der Waals surface area contributed by atoms with Gasteiger partial charge in [0.25, 0.3) is 5.56 Å². The first-order valence-corrected chi connectivity index (χ1v) is 10.7. The molecule has 144 valence electrons. The highest BCUT2D eigenvalue weighted by Crippen LogP contribution is 2.51. The lowest BCUT2D eigenvalue weighted by atomic mass is 9.65. The van der Waals surface area contributed by atoms with E-state index in [-0.39, 0.29) is 15.9 Å². The highest BCUT2D eigenvalue weighted by molar-refractivity contribution is 7.99. The number of rotatable bonds is 4. The predicted octanol–water partition coefficient (Wildman–Crippen LogP) is 4.46. The summed E-state index contributed by atoms with van der Waals surface area (Å²) < 4.78 is 0.226. The molecule has 2 atom stereocenters. The zero-order chi connectivity index (χ0) is 19.2. The van der Waals surface area contributed by atoms with Crippen molar-refractivity contribution in [3.63, 3.8) is 0 Å². The summed E-state index contributed by atoms with van der Waals surface area (Å²) in [5, 5.41) is 9.60. The average Bonchev–Trinajstić information content (AvgIpc) is 2.58. The summed E-state index contributed by atoms with van der Waals surface area (Å²) in [6, 6.07) is 4.46. The summed E-state index contributed by atoms with van der Waals surface area (Å²) in [5.41, 5.74) is 0.404. The molecule has 2 bridgehead atoms. The van der Waals surface area contributed by atoms with Crippen LogP contribution in [0.4, 0.5) is 0 Å². The third-order valence-electron chi connectivity index (χ3n) is 6.14. The Morgan fingerprint density at radius 1 is 1.30 bits per heavy atom. The van der Waals surface area contributed by atoms with Crippen molar-refractivity contribution in [2.24, 2.45) is 17.8 Å². The van der Waals surface area contributed by atoms with Crippen molar-refractivity contribution in [3.8, 4) is 0 Å². The second kappa shape index (κ2) is 6.97. The van der Waals surface area contributed by atoms with Crippen LogP contribution in [0, 0.1) is 17.8 Å². The molecule has 5 nitrogen and oxygen atoms in total. The molecule has 2 aliphatic rings. The van der Waals surface area contributed by atoms with Crippen LogP contribution >= 0.6 is 11.8 Å². The van der Waals surface area contributed by atoms with E-state index in [1.54, 1.807) is 0 Å². The van der Waals surface area contributed by atoms with Gasteiger partial charge in [-0.05, 0) is 68.1 Å². The normalized spacial score (nSPS) is 30.4. The van der Waals surface area contributed by atoms with Gasteiger partial charge in [-0.25, -0.2) is 9.78 Å². The van der Waals surface area contributed by atoms with E-state index in [9.17, 15) is 9.59 Å². The van der Waals surface area contributed by atoms with Crippen molar-refractivity contribution in [1.29, 1.82) is 0 Å². The number of benzene rings is 1. The number of aromatic nitrogens is 2. The van der Waals surface area contributed by atoms with Crippen LogP contribution in [0.25, 0.3) is 10.9 Å². The van der Waals surface area contributed by atoms with E-state index in [1.165, 1.54) is 50.3 Å². The minimum atomic E-state index is -1.01. The minimum Gasteiger partial charge on any atom is -0.478 e. The van der Waals surface area contributed by atoms with Gasteiger partial charge in [-0.15, -0.1) is 11.8 Å². The fourth-order valence-electron chi connectivity index (χ4n) is 5.29. The predicted molar refractivity (Wildman–Crippen MR) is 108 cm³/mol. The summed E-state index contributed by atoms with van der Waals surface area (Å²) in [6.07, 6.45) is 6.54. The third-order valence-corrected chi connectivity index (χ3v) is 7.59. The Bertz CT molecular complexity index is 921. The Morgan fingerprint density at radius 3 is 2.67 bits per heavy atom. The largest absolute Gasteiger partial charge is 0.478 e. The minimum absolute atomic E-state index is 0.153. The maximum absolute atomic E-state index is 12.4. The summed E-state index contributed by atoms with van der Waals surface area (Å²) in [7, 11) is 0. The smallest absolute Gasteiger partial charge is 0.335 e. The van der Waals surface area contributed by atoms with E-state index in [1.807, 2.05) is 11.8 Å². The Kier molecular flexibility index (Phi) is 4.78. The van der Waals surface area contributed by atoms with Crippen LogP contribution in [0.2, 0.25) is 0 Å². The molecule has 6 heteroatoms. The van der Waals surface area contributed by atoms with Gasteiger partial charge in [0.2, 0.25) is 0 Å². The lowest BCUT2D eigenvalue weighted by Crippen LogP contribution is -2.38. The van der Waals surface area contributed by atoms with Gasteiger partial charge in [0.05, 0.1) is 22.2 Å². The van der Waals surface area contributed by atoms with Crippen molar-refractivity contribution < 1.29 is 9.90 Å². The van der Waals surface area contributed by atoms with Crippen LogP contribution in [-0.4, -0.2) is 25.8 Å². The molecule has 2 N–H and O–H groups in total. The molecule has 0 spiro atoms. The number of nitrogens with zero attached hydrogens (tertiary/aromatic N) is 1. The van der Waals surface area contributed by atoms with E-state index >= 15 is 0 Å². The Hall–Kier alpha value is -1.82. The molecule has 2 saturated carbocycles. The van der Waals surface area contributed by atoms with Gasteiger partial charge in [-0.3, -0.25) is 4.79 Å². The van der Waals surface area contributed by atoms with Crippen LogP contribution in [-0.2, 0) is 5.75 Å². The molecule has 0 aliphatic heterocycles. The first-order chi connectivity index (χ1) is 12.8. The van der Waals surface area contributed by atoms with Gasteiger partial charge in [-0.2, -0.15) is 0 Å². The Labute approximate surface area is 163 Å². The zero-order valence-corrected chi connectivity index (χ0v) is 16.6. The van der Waals surface area contributed by atoms with Crippen LogP contribution in [0.5, 0.6) is 0 Å². The lowest BCUT2D eigenvalue weighted by Gasteiger charge is -2.47. The highest BCUT2D eigenvalue weighted by Gasteiger charge is 2.41. The molecule has 27 heavy (non-hydrogen) atoms. The van der Waals surface area contributed by atoms with Gasteiger partial charge in [0.15, 0.2) is 0 Å². The van der Waals surface area contributed by atoms with Gasteiger partial charge in [0.1, 0.15) is 5.82 Å². The number of hydrogen-bond acceptors (Lipinski definition) is 4. The topological polar surface area (TPSA) is 83.0 Å². The zero-order valence-electron chi connectivity index (χ0n) is 15.8. The van der Waals surface area contributed by atoms with E-state index in [4.69, 9.17) is 5.11 Å². The quantitative estimate of drug-likeness (QED) is 0.811. The summed E-state index contributed by atoms with van der Waals surface area (Å²) in [6.45, 7) is 4.73. The van der Waals surface area contributed by atoms with Gasteiger partial charge >= 0.3 is 5.97 Å². The first kappa shape index (κ1) is 18.5.